The minimum Gasteiger partial charge on any atom is -0.357 e. The maximum atomic E-state index is 13.8. The standard InChI is InChI=1S/C15H18FN5/c1-10-11(6-5-7-12(10)16)13-18-14(17-2)20-15(19-13)21-8-3-4-9-21/h5-7H,3-4,8-9H2,1-2H3,(H,17,18,19,20). The molecule has 3 rings (SSSR count). The number of benzene rings is 1. The van der Waals surface area contributed by atoms with Crippen molar-refractivity contribution in [1.82, 2.24) is 15.0 Å². The molecule has 1 aromatic heterocycles. The van der Waals surface area contributed by atoms with Crippen LogP contribution in [0.1, 0.15) is 18.4 Å². The third kappa shape index (κ3) is 2.66. The van der Waals surface area contributed by atoms with Gasteiger partial charge in [0.25, 0.3) is 0 Å². The van der Waals surface area contributed by atoms with Crippen LogP contribution in [-0.2, 0) is 0 Å². The van der Waals surface area contributed by atoms with Crippen molar-refractivity contribution in [3.8, 4) is 11.4 Å². The van der Waals surface area contributed by atoms with Crippen LogP contribution in [0.15, 0.2) is 18.2 Å². The Hall–Kier alpha value is -2.24. The zero-order valence-corrected chi connectivity index (χ0v) is 12.2. The molecule has 0 saturated carbocycles. The lowest BCUT2D eigenvalue weighted by atomic mass is 10.1. The number of anilines is 2. The molecule has 1 aliphatic rings. The second-order valence-corrected chi connectivity index (χ2v) is 5.14. The van der Waals surface area contributed by atoms with E-state index < -0.39 is 0 Å². The monoisotopic (exact) mass is 287 g/mol. The van der Waals surface area contributed by atoms with E-state index in [9.17, 15) is 4.39 Å². The van der Waals surface area contributed by atoms with Gasteiger partial charge in [-0.2, -0.15) is 15.0 Å². The quantitative estimate of drug-likeness (QED) is 0.940. The van der Waals surface area contributed by atoms with Crippen molar-refractivity contribution in [2.45, 2.75) is 19.8 Å². The first-order chi connectivity index (χ1) is 10.2. The van der Waals surface area contributed by atoms with Gasteiger partial charge in [0.15, 0.2) is 5.82 Å². The molecule has 0 bridgehead atoms. The van der Waals surface area contributed by atoms with Gasteiger partial charge in [-0.15, -0.1) is 0 Å². The number of rotatable bonds is 3. The first-order valence-corrected chi connectivity index (χ1v) is 7.13. The third-order valence-corrected chi connectivity index (χ3v) is 3.74. The van der Waals surface area contributed by atoms with E-state index in [1.165, 1.54) is 6.07 Å². The van der Waals surface area contributed by atoms with E-state index in [0.717, 1.165) is 25.9 Å². The van der Waals surface area contributed by atoms with E-state index in [-0.39, 0.29) is 5.82 Å². The fraction of sp³-hybridized carbons (Fsp3) is 0.400. The van der Waals surface area contributed by atoms with Crippen LogP contribution in [0, 0.1) is 12.7 Å². The van der Waals surface area contributed by atoms with E-state index in [0.29, 0.717) is 28.8 Å². The van der Waals surface area contributed by atoms with Gasteiger partial charge in [-0.05, 0) is 31.4 Å². The molecule has 110 valence electrons. The Kier molecular flexibility index (Phi) is 3.68. The molecular weight excluding hydrogens is 269 g/mol. The van der Waals surface area contributed by atoms with Crippen molar-refractivity contribution in [3.05, 3.63) is 29.6 Å². The summed E-state index contributed by atoms with van der Waals surface area (Å²) in [5, 5.41) is 2.95. The van der Waals surface area contributed by atoms with Gasteiger partial charge in [0, 0.05) is 25.7 Å². The van der Waals surface area contributed by atoms with Crippen molar-refractivity contribution in [1.29, 1.82) is 0 Å². The summed E-state index contributed by atoms with van der Waals surface area (Å²) in [6, 6.07) is 4.96. The van der Waals surface area contributed by atoms with Gasteiger partial charge in [0.1, 0.15) is 5.82 Å². The van der Waals surface area contributed by atoms with E-state index in [1.54, 1.807) is 20.0 Å². The number of halogens is 1. The minimum absolute atomic E-state index is 0.248. The summed E-state index contributed by atoms with van der Waals surface area (Å²) in [5.74, 6) is 1.42. The van der Waals surface area contributed by atoms with Crippen LogP contribution in [0.25, 0.3) is 11.4 Å². The highest BCUT2D eigenvalue weighted by Gasteiger charge is 2.18. The van der Waals surface area contributed by atoms with Crippen LogP contribution in [-0.4, -0.2) is 35.1 Å². The molecule has 5 nitrogen and oxygen atoms in total. The first kappa shape index (κ1) is 13.7. The molecule has 0 radical (unpaired) electrons. The van der Waals surface area contributed by atoms with Crippen LogP contribution in [0.3, 0.4) is 0 Å². The molecule has 1 aliphatic heterocycles. The number of hydrogen-bond donors (Lipinski definition) is 1. The van der Waals surface area contributed by atoms with Gasteiger partial charge >= 0.3 is 0 Å². The Morgan fingerprint density at radius 2 is 1.90 bits per heavy atom. The fourth-order valence-electron chi connectivity index (χ4n) is 2.51. The fourth-order valence-corrected chi connectivity index (χ4v) is 2.51. The summed E-state index contributed by atoms with van der Waals surface area (Å²) in [6.07, 6.45) is 2.30. The van der Waals surface area contributed by atoms with Crippen LogP contribution in [0.4, 0.5) is 16.3 Å². The Labute approximate surface area is 123 Å². The van der Waals surface area contributed by atoms with Gasteiger partial charge < -0.3 is 10.2 Å². The molecule has 2 heterocycles. The van der Waals surface area contributed by atoms with Crippen LogP contribution in [0.2, 0.25) is 0 Å². The second kappa shape index (κ2) is 5.63. The summed E-state index contributed by atoms with van der Waals surface area (Å²) in [7, 11) is 1.77. The maximum Gasteiger partial charge on any atom is 0.230 e. The van der Waals surface area contributed by atoms with Crippen LogP contribution < -0.4 is 10.2 Å². The molecule has 0 amide bonds. The predicted octanol–water partition coefficient (Wildman–Crippen LogP) is 2.63. The Balaban J connectivity index is 2.09. The van der Waals surface area contributed by atoms with Crippen LogP contribution >= 0.6 is 0 Å². The molecule has 0 unspecified atom stereocenters. The lowest BCUT2D eigenvalue weighted by Gasteiger charge is -2.17. The minimum atomic E-state index is -0.248. The average molecular weight is 287 g/mol. The normalized spacial score (nSPS) is 14.5. The maximum absolute atomic E-state index is 13.8. The van der Waals surface area contributed by atoms with Gasteiger partial charge in [0.2, 0.25) is 11.9 Å². The highest BCUT2D eigenvalue weighted by Crippen LogP contribution is 2.25. The summed E-state index contributed by atoms with van der Waals surface area (Å²) in [5.41, 5.74) is 1.26. The molecular formula is C15H18FN5. The van der Waals surface area contributed by atoms with Crippen molar-refractivity contribution >= 4 is 11.9 Å². The predicted molar refractivity (Wildman–Crippen MR) is 81.0 cm³/mol. The molecule has 1 N–H and O–H groups in total. The highest BCUT2D eigenvalue weighted by molar-refractivity contribution is 5.62. The van der Waals surface area contributed by atoms with Gasteiger partial charge in [-0.25, -0.2) is 4.39 Å². The lowest BCUT2D eigenvalue weighted by Crippen LogP contribution is -2.21. The Bertz CT molecular complexity index is 653. The number of nitrogens with one attached hydrogen (secondary N) is 1. The third-order valence-electron chi connectivity index (χ3n) is 3.74. The van der Waals surface area contributed by atoms with E-state index >= 15 is 0 Å². The van der Waals surface area contributed by atoms with E-state index in [4.69, 9.17) is 0 Å². The number of aromatic nitrogens is 3. The molecule has 6 heteroatoms. The number of hydrogen-bond acceptors (Lipinski definition) is 5. The van der Waals surface area contributed by atoms with Crippen molar-refractivity contribution < 1.29 is 4.39 Å². The molecule has 1 aromatic carbocycles. The smallest absolute Gasteiger partial charge is 0.230 e. The highest BCUT2D eigenvalue weighted by atomic mass is 19.1. The van der Waals surface area contributed by atoms with Crippen molar-refractivity contribution in [3.63, 3.8) is 0 Å². The Morgan fingerprint density at radius 1 is 1.14 bits per heavy atom. The first-order valence-electron chi connectivity index (χ1n) is 7.13. The van der Waals surface area contributed by atoms with Crippen LogP contribution in [0.5, 0.6) is 0 Å². The summed E-state index contributed by atoms with van der Waals surface area (Å²) in [4.78, 5) is 15.5. The van der Waals surface area contributed by atoms with Gasteiger partial charge in [0.05, 0.1) is 0 Å². The zero-order valence-electron chi connectivity index (χ0n) is 12.2. The van der Waals surface area contributed by atoms with Gasteiger partial charge in [-0.3, -0.25) is 0 Å². The largest absolute Gasteiger partial charge is 0.357 e. The molecule has 2 aromatic rings. The molecule has 0 atom stereocenters. The summed E-state index contributed by atoms with van der Waals surface area (Å²) < 4.78 is 13.8. The zero-order chi connectivity index (χ0) is 14.8. The lowest BCUT2D eigenvalue weighted by molar-refractivity contribution is 0.619. The molecule has 0 spiro atoms. The van der Waals surface area contributed by atoms with Crippen molar-refractivity contribution in [2.24, 2.45) is 0 Å². The van der Waals surface area contributed by atoms with Crippen molar-refractivity contribution in [2.75, 3.05) is 30.4 Å². The SMILES string of the molecule is CNc1nc(-c2cccc(F)c2C)nc(N2CCCC2)n1. The molecule has 21 heavy (non-hydrogen) atoms. The molecule has 1 saturated heterocycles. The van der Waals surface area contributed by atoms with Gasteiger partial charge in [-0.1, -0.05) is 12.1 Å². The Morgan fingerprint density at radius 3 is 2.62 bits per heavy atom. The second-order valence-electron chi connectivity index (χ2n) is 5.14. The summed E-state index contributed by atoms with van der Waals surface area (Å²) in [6.45, 7) is 3.65. The average Bonchev–Trinajstić information content (AvgIpc) is 3.04. The molecule has 1 fully saturated rings. The summed E-state index contributed by atoms with van der Waals surface area (Å²) >= 11 is 0. The van der Waals surface area contributed by atoms with E-state index in [2.05, 4.69) is 25.2 Å². The topological polar surface area (TPSA) is 53.9 Å². The number of nitrogens with zero attached hydrogens (tertiary/aromatic N) is 4. The molecule has 0 aliphatic carbocycles. The van der Waals surface area contributed by atoms with E-state index in [1.807, 2.05) is 6.07 Å².